The third-order valence-electron chi connectivity index (χ3n) is 2.65. The molecule has 0 heterocycles. The van der Waals surface area contributed by atoms with Crippen molar-refractivity contribution in [1.82, 2.24) is 0 Å². The van der Waals surface area contributed by atoms with Gasteiger partial charge in [-0.3, -0.25) is 0 Å². The largest absolute Gasteiger partial charge is 0.388 e. The summed E-state index contributed by atoms with van der Waals surface area (Å²) < 4.78 is 0. The van der Waals surface area contributed by atoms with E-state index in [0.717, 1.165) is 11.3 Å². The number of benzene rings is 2. The quantitative estimate of drug-likeness (QED) is 0.804. The molecule has 0 saturated heterocycles. The Labute approximate surface area is 96.4 Å². The van der Waals surface area contributed by atoms with Gasteiger partial charge in [0.15, 0.2) is 0 Å². The van der Waals surface area contributed by atoms with Gasteiger partial charge in [0.25, 0.3) is 0 Å². The van der Waals surface area contributed by atoms with Crippen molar-refractivity contribution in [2.45, 2.75) is 0 Å². The first-order valence-electron chi connectivity index (χ1n) is 5.34. The van der Waals surface area contributed by atoms with E-state index in [4.69, 9.17) is 0 Å². The summed E-state index contributed by atoms with van der Waals surface area (Å²) in [6, 6.07) is 16.8. The summed E-state index contributed by atoms with van der Waals surface area (Å²) >= 11 is 0. The van der Waals surface area contributed by atoms with E-state index in [-0.39, 0.29) is 0 Å². The molecule has 0 radical (unpaired) electrons. The molecule has 0 aliphatic carbocycles. The van der Waals surface area contributed by atoms with Gasteiger partial charge in [-0.05, 0) is 28.8 Å². The molecular weight excluding hydrogens is 194 g/mol. The second kappa shape index (κ2) is 4.67. The fourth-order valence-corrected chi connectivity index (χ4v) is 1.64. The molecule has 0 saturated carbocycles. The zero-order chi connectivity index (χ0) is 11.4. The molecule has 0 atom stereocenters. The molecule has 0 amide bonds. The standard InChI is InChI=1S/C15H15N/c1-3-12-4-6-13(7-5-12)14-8-10-15(16-2)11-9-14/h3-11,16H,1H2,2H3. The molecule has 16 heavy (non-hydrogen) atoms. The first-order valence-corrected chi connectivity index (χ1v) is 5.34. The van der Waals surface area contributed by atoms with Crippen molar-refractivity contribution >= 4 is 11.8 Å². The number of rotatable bonds is 3. The Morgan fingerprint density at radius 1 is 0.875 bits per heavy atom. The van der Waals surface area contributed by atoms with Gasteiger partial charge in [0.1, 0.15) is 0 Å². The van der Waals surface area contributed by atoms with Crippen molar-refractivity contribution in [1.29, 1.82) is 0 Å². The van der Waals surface area contributed by atoms with Crippen LogP contribution < -0.4 is 5.32 Å². The molecule has 2 rings (SSSR count). The van der Waals surface area contributed by atoms with Crippen LogP contribution in [0.5, 0.6) is 0 Å². The van der Waals surface area contributed by atoms with E-state index in [0.29, 0.717) is 0 Å². The lowest BCUT2D eigenvalue weighted by molar-refractivity contribution is 1.51. The number of anilines is 1. The summed E-state index contributed by atoms with van der Waals surface area (Å²) in [6.07, 6.45) is 1.86. The third-order valence-corrected chi connectivity index (χ3v) is 2.65. The monoisotopic (exact) mass is 209 g/mol. The summed E-state index contributed by atoms with van der Waals surface area (Å²) in [4.78, 5) is 0. The molecule has 0 spiro atoms. The number of nitrogens with one attached hydrogen (secondary N) is 1. The second-order valence-corrected chi connectivity index (χ2v) is 3.65. The highest BCUT2D eigenvalue weighted by Gasteiger charge is 1.96. The topological polar surface area (TPSA) is 12.0 Å². The van der Waals surface area contributed by atoms with Crippen molar-refractivity contribution in [2.24, 2.45) is 0 Å². The van der Waals surface area contributed by atoms with Crippen LogP contribution in [0.15, 0.2) is 55.1 Å². The molecular formula is C15H15N. The second-order valence-electron chi connectivity index (χ2n) is 3.65. The lowest BCUT2D eigenvalue weighted by Gasteiger charge is -2.04. The van der Waals surface area contributed by atoms with Gasteiger partial charge in [-0.15, -0.1) is 0 Å². The maximum atomic E-state index is 3.75. The predicted octanol–water partition coefficient (Wildman–Crippen LogP) is 4.04. The lowest BCUT2D eigenvalue weighted by atomic mass is 10.0. The first kappa shape index (κ1) is 10.5. The van der Waals surface area contributed by atoms with Gasteiger partial charge in [0.2, 0.25) is 0 Å². The maximum Gasteiger partial charge on any atom is 0.0337 e. The molecule has 0 aromatic heterocycles. The van der Waals surface area contributed by atoms with E-state index in [9.17, 15) is 0 Å². The van der Waals surface area contributed by atoms with Crippen LogP contribution in [0.4, 0.5) is 5.69 Å². The van der Waals surface area contributed by atoms with Crippen LogP contribution in [0.1, 0.15) is 5.56 Å². The number of hydrogen-bond acceptors (Lipinski definition) is 1. The van der Waals surface area contributed by atoms with Gasteiger partial charge < -0.3 is 5.32 Å². The van der Waals surface area contributed by atoms with Crippen LogP contribution in [-0.4, -0.2) is 7.05 Å². The summed E-state index contributed by atoms with van der Waals surface area (Å²) in [5.74, 6) is 0. The van der Waals surface area contributed by atoms with Gasteiger partial charge >= 0.3 is 0 Å². The summed E-state index contributed by atoms with van der Waals surface area (Å²) in [6.45, 7) is 3.75. The van der Waals surface area contributed by atoms with Crippen molar-refractivity contribution in [3.8, 4) is 11.1 Å². The van der Waals surface area contributed by atoms with Crippen molar-refractivity contribution in [3.63, 3.8) is 0 Å². The van der Waals surface area contributed by atoms with E-state index >= 15 is 0 Å². The Balaban J connectivity index is 2.31. The Morgan fingerprint density at radius 2 is 1.38 bits per heavy atom. The summed E-state index contributed by atoms with van der Waals surface area (Å²) in [5, 5.41) is 3.11. The molecule has 1 heteroatoms. The van der Waals surface area contributed by atoms with Crippen molar-refractivity contribution < 1.29 is 0 Å². The van der Waals surface area contributed by atoms with E-state index in [2.05, 4.69) is 60.4 Å². The smallest absolute Gasteiger partial charge is 0.0337 e. The van der Waals surface area contributed by atoms with E-state index in [1.807, 2.05) is 13.1 Å². The van der Waals surface area contributed by atoms with Crippen LogP contribution >= 0.6 is 0 Å². The van der Waals surface area contributed by atoms with Gasteiger partial charge in [-0.25, -0.2) is 0 Å². The van der Waals surface area contributed by atoms with Gasteiger partial charge in [0, 0.05) is 12.7 Å². The Kier molecular flexibility index (Phi) is 3.06. The SMILES string of the molecule is C=Cc1ccc(-c2ccc(NC)cc2)cc1. The minimum Gasteiger partial charge on any atom is -0.388 e. The van der Waals surface area contributed by atoms with Gasteiger partial charge in [0.05, 0.1) is 0 Å². The highest BCUT2D eigenvalue weighted by Crippen LogP contribution is 2.21. The van der Waals surface area contributed by atoms with Crippen molar-refractivity contribution in [3.05, 3.63) is 60.7 Å². The van der Waals surface area contributed by atoms with E-state index in [1.54, 1.807) is 0 Å². The van der Waals surface area contributed by atoms with Crippen LogP contribution in [0.2, 0.25) is 0 Å². The minimum absolute atomic E-state index is 1.13. The van der Waals surface area contributed by atoms with Crippen LogP contribution in [0.25, 0.3) is 17.2 Å². The number of hydrogen-bond donors (Lipinski definition) is 1. The molecule has 1 N–H and O–H groups in total. The summed E-state index contributed by atoms with van der Waals surface area (Å²) in [5.41, 5.74) is 4.74. The molecule has 0 fully saturated rings. The lowest BCUT2D eigenvalue weighted by Crippen LogP contribution is -1.86. The zero-order valence-electron chi connectivity index (χ0n) is 9.40. The van der Waals surface area contributed by atoms with Crippen molar-refractivity contribution in [2.75, 3.05) is 12.4 Å². The van der Waals surface area contributed by atoms with E-state index < -0.39 is 0 Å². The highest BCUT2D eigenvalue weighted by molar-refractivity contribution is 5.67. The molecule has 80 valence electrons. The molecule has 0 unspecified atom stereocenters. The minimum atomic E-state index is 1.13. The molecule has 0 aliphatic rings. The average Bonchev–Trinajstić information content (AvgIpc) is 2.39. The Morgan fingerprint density at radius 3 is 1.81 bits per heavy atom. The molecule has 2 aromatic carbocycles. The molecule has 0 bridgehead atoms. The third kappa shape index (κ3) is 2.14. The summed E-state index contributed by atoms with van der Waals surface area (Å²) in [7, 11) is 1.92. The fourth-order valence-electron chi connectivity index (χ4n) is 1.64. The van der Waals surface area contributed by atoms with Crippen LogP contribution in [0.3, 0.4) is 0 Å². The molecule has 1 nitrogen and oxygen atoms in total. The first-order chi connectivity index (χ1) is 7.83. The highest BCUT2D eigenvalue weighted by atomic mass is 14.8. The predicted molar refractivity (Wildman–Crippen MR) is 71.5 cm³/mol. The fraction of sp³-hybridized carbons (Fsp3) is 0.0667. The maximum absolute atomic E-state index is 3.75. The Hall–Kier alpha value is -2.02. The van der Waals surface area contributed by atoms with Gasteiger partial charge in [-0.1, -0.05) is 49.1 Å². The van der Waals surface area contributed by atoms with Crippen LogP contribution in [-0.2, 0) is 0 Å². The average molecular weight is 209 g/mol. The Bertz CT molecular complexity index is 466. The van der Waals surface area contributed by atoms with Crippen LogP contribution in [0, 0.1) is 0 Å². The zero-order valence-corrected chi connectivity index (χ0v) is 9.40. The van der Waals surface area contributed by atoms with E-state index in [1.165, 1.54) is 11.1 Å². The van der Waals surface area contributed by atoms with Gasteiger partial charge in [-0.2, -0.15) is 0 Å². The molecule has 0 aliphatic heterocycles. The normalized spacial score (nSPS) is 9.81. The molecule has 2 aromatic rings.